The minimum absolute atomic E-state index is 0.196. The highest BCUT2D eigenvalue weighted by molar-refractivity contribution is 5.90. The molecule has 3 rings (SSSR count). The fourth-order valence-corrected chi connectivity index (χ4v) is 4.87. The fourth-order valence-electron chi connectivity index (χ4n) is 4.87. The van der Waals surface area contributed by atoms with Gasteiger partial charge in [0.25, 0.3) is 0 Å². The lowest BCUT2D eigenvalue weighted by molar-refractivity contribution is 0.0505. The quantitative estimate of drug-likeness (QED) is 0.403. The van der Waals surface area contributed by atoms with Crippen molar-refractivity contribution in [3.63, 3.8) is 0 Å². The van der Waals surface area contributed by atoms with Gasteiger partial charge in [-0.05, 0) is 83.0 Å². The summed E-state index contributed by atoms with van der Waals surface area (Å²) in [5.41, 5.74) is 8.96. The highest BCUT2D eigenvalue weighted by atomic mass is 16.5. The van der Waals surface area contributed by atoms with Crippen molar-refractivity contribution in [2.45, 2.75) is 72.1 Å². The number of allylic oxidation sites excluding steroid dienone is 1. The van der Waals surface area contributed by atoms with Crippen LogP contribution in [0.5, 0.6) is 0 Å². The molecule has 0 heterocycles. The highest BCUT2D eigenvalue weighted by Gasteiger charge is 2.42. The SMILES string of the molecule is CCCOC(=O)c1ccc(C=C(C)c2cc3c(cc2C)C(C)(C)CC3(C)C)cc1. The van der Waals surface area contributed by atoms with Crippen LogP contribution in [0.2, 0.25) is 0 Å². The van der Waals surface area contributed by atoms with E-state index in [1.807, 2.05) is 31.2 Å². The minimum Gasteiger partial charge on any atom is -0.462 e. The Morgan fingerprint density at radius 1 is 1.03 bits per heavy atom. The molecule has 1 aliphatic rings. The van der Waals surface area contributed by atoms with E-state index in [0.717, 1.165) is 12.0 Å². The van der Waals surface area contributed by atoms with Crippen molar-refractivity contribution < 1.29 is 9.53 Å². The molecule has 2 aromatic rings. The summed E-state index contributed by atoms with van der Waals surface area (Å²) in [6, 6.07) is 12.5. The van der Waals surface area contributed by atoms with E-state index >= 15 is 0 Å². The van der Waals surface area contributed by atoms with Gasteiger partial charge in [-0.15, -0.1) is 0 Å². The molecular formula is C27H34O2. The molecule has 154 valence electrons. The molecule has 1 aliphatic carbocycles. The van der Waals surface area contributed by atoms with Crippen LogP contribution in [0.25, 0.3) is 11.6 Å². The Morgan fingerprint density at radius 2 is 1.62 bits per heavy atom. The van der Waals surface area contributed by atoms with Gasteiger partial charge >= 0.3 is 5.97 Å². The normalized spacial score (nSPS) is 17.1. The van der Waals surface area contributed by atoms with Crippen LogP contribution in [0, 0.1) is 6.92 Å². The molecule has 0 amide bonds. The van der Waals surface area contributed by atoms with Crippen LogP contribution in [0.4, 0.5) is 0 Å². The lowest BCUT2D eigenvalue weighted by atomic mass is 9.82. The number of hydrogen-bond donors (Lipinski definition) is 0. The van der Waals surface area contributed by atoms with Crippen LogP contribution in [-0.2, 0) is 15.6 Å². The first-order valence-electron chi connectivity index (χ1n) is 10.7. The summed E-state index contributed by atoms with van der Waals surface area (Å²) in [5.74, 6) is -0.251. The van der Waals surface area contributed by atoms with Gasteiger partial charge < -0.3 is 4.74 Å². The van der Waals surface area contributed by atoms with E-state index in [1.54, 1.807) is 0 Å². The van der Waals surface area contributed by atoms with Crippen LogP contribution in [0.15, 0.2) is 36.4 Å². The average Bonchev–Trinajstić information content (AvgIpc) is 2.83. The van der Waals surface area contributed by atoms with Crippen LogP contribution >= 0.6 is 0 Å². The number of aryl methyl sites for hydroxylation is 1. The molecule has 0 aromatic heterocycles. The van der Waals surface area contributed by atoms with Gasteiger partial charge in [-0.2, -0.15) is 0 Å². The van der Waals surface area contributed by atoms with Gasteiger partial charge in [-0.1, -0.05) is 65.0 Å². The Bertz CT molecular complexity index is 943. The summed E-state index contributed by atoms with van der Waals surface area (Å²) < 4.78 is 5.21. The van der Waals surface area contributed by atoms with E-state index in [-0.39, 0.29) is 16.8 Å². The standard InChI is InChI=1S/C27H34O2/c1-8-13-29-25(28)21-11-9-20(10-12-21)14-18(2)22-16-24-23(15-19(22)3)26(4,5)17-27(24,6)7/h9-12,14-16H,8,13,17H2,1-7H3. The van der Waals surface area contributed by atoms with Crippen molar-refractivity contribution in [1.29, 1.82) is 0 Å². The van der Waals surface area contributed by atoms with Gasteiger partial charge in [-0.3, -0.25) is 0 Å². The summed E-state index contributed by atoms with van der Waals surface area (Å²) >= 11 is 0. The Morgan fingerprint density at radius 3 is 2.21 bits per heavy atom. The van der Waals surface area contributed by atoms with E-state index in [0.29, 0.717) is 12.2 Å². The fraction of sp³-hybridized carbons (Fsp3) is 0.444. The molecule has 2 nitrogen and oxygen atoms in total. The van der Waals surface area contributed by atoms with Gasteiger partial charge in [0.2, 0.25) is 0 Å². The zero-order chi connectivity index (χ0) is 21.4. The Balaban J connectivity index is 1.90. The monoisotopic (exact) mass is 390 g/mol. The number of rotatable bonds is 5. The van der Waals surface area contributed by atoms with Gasteiger partial charge in [0.1, 0.15) is 0 Å². The number of ether oxygens (including phenoxy) is 1. The first-order chi connectivity index (χ1) is 13.5. The first-order valence-corrected chi connectivity index (χ1v) is 10.7. The molecule has 0 spiro atoms. The minimum atomic E-state index is -0.251. The number of carbonyl (C=O) groups is 1. The van der Waals surface area contributed by atoms with Gasteiger partial charge in [0, 0.05) is 0 Å². The average molecular weight is 391 g/mol. The summed E-state index contributed by atoms with van der Waals surface area (Å²) in [6.45, 7) is 16.3. The zero-order valence-electron chi connectivity index (χ0n) is 19.0. The molecule has 0 unspecified atom stereocenters. The van der Waals surface area contributed by atoms with E-state index in [9.17, 15) is 4.79 Å². The Labute approximate surface area is 176 Å². The molecule has 0 fully saturated rings. The third-order valence-electron chi connectivity index (χ3n) is 6.10. The van der Waals surface area contributed by atoms with E-state index in [2.05, 4.69) is 59.8 Å². The van der Waals surface area contributed by atoms with Crippen molar-refractivity contribution in [1.82, 2.24) is 0 Å². The van der Waals surface area contributed by atoms with Crippen LogP contribution in [0.1, 0.15) is 92.6 Å². The van der Waals surface area contributed by atoms with E-state index in [1.165, 1.54) is 34.2 Å². The van der Waals surface area contributed by atoms with Crippen LogP contribution in [-0.4, -0.2) is 12.6 Å². The van der Waals surface area contributed by atoms with Crippen molar-refractivity contribution in [2.75, 3.05) is 6.61 Å². The summed E-state index contributed by atoms with van der Waals surface area (Å²) in [4.78, 5) is 12.0. The molecule has 0 atom stereocenters. The Hall–Kier alpha value is -2.35. The summed E-state index contributed by atoms with van der Waals surface area (Å²) in [5, 5.41) is 0. The van der Waals surface area contributed by atoms with E-state index < -0.39 is 0 Å². The number of esters is 1. The maximum absolute atomic E-state index is 12.0. The maximum Gasteiger partial charge on any atom is 0.338 e. The van der Waals surface area contributed by atoms with Crippen molar-refractivity contribution >= 4 is 17.6 Å². The number of hydrogen-bond acceptors (Lipinski definition) is 2. The molecule has 2 aromatic carbocycles. The second-order valence-corrected chi connectivity index (χ2v) is 9.74. The largest absolute Gasteiger partial charge is 0.462 e. The molecule has 0 saturated heterocycles. The summed E-state index contributed by atoms with van der Waals surface area (Å²) in [7, 11) is 0. The Kier molecular flexibility index (Phi) is 5.76. The van der Waals surface area contributed by atoms with Crippen LogP contribution in [0.3, 0.4) is 0 Å². The third-order valence-corrected chi connectivity index (χ3v) is 6.10. The molecule has 0 aliphatic heterocycles. The zero-order valence-corrected chi connectivity index (χ0v) is 19.0. The first kappa shape index (κ1) is 21.4. The second-order valence-electron chi connectivity index (χ2n) is 9.74. The van der Waals surface area contributed by atoms with Crippen molar-refractivity contribution in [2.24, 2.45) is 0 Å². The number of fused-ring (bicyclic) bond motifs is 1. The molecule has 0 N–H and O–H groups in total. The lowest BCUT2D eigenvalue weighted by Gasteiger charge is -2.22. The second kappa shape index (κ2) is 7.82. The highest BCUT2D eigenvalue weighted by Crippen LogP contribution is 2.50. The lowest BCUT2D eigenvalue weighted by Crippen LogP contribution is -2.17. The molecular weight excluding hydrogens is 356 g/mol. The topological polar surface area (TPSA) is 26.3 Å². The maximum atomic E-state index is 12.0. The molecule has 0 saturated carbocycles. The molecule has 0 bridgehead atoms. The van der Waals surface area contributed by atoms with E-state index in [4.69, 9.17) is 4.74 Å². The summed E-state index contributed by atoms with van der Waals surface area (Å²) in [6.07, 6.45) is 4.21. The molecule has 29 heavy (non-hydrogen) atoms. The predicted molar refractivity (Wildman–Crippen MR) is 122 cm³/mol. The third kappa shape index (κ3) is 4.32. The van der Waals surface area contributed by atoms with Gasteiger partial charge in [0.15, 0.2) is 0 Å². The number of carbonyl (C=O) groups excluding carboxylic acids is 1. The van der Waals surface area contributed by atoms with Crippen LogP contribution < -0.4 is 0 Å². The van der Waals surface area contributed by atoms with Crippen molar-refractivity contribution in [3.05, 3.63) is 69.8 Å². The van der Waals surface area contributed by atoms with Gasteiger partial charge in [-0.25, -0.2) is 4.79 Å². The number of benzene rings is 2. The van der Waals surface area contributed by atoms with Gasteiger partial charge in [0.05, 0.1) is 12.2 Å². The smallest absolute Gasteiger partial charge is 0.338 e. The van der Waals surface area contributed by atoms with Crippen molar-refractivity contribution in [3.8, 4) is 0 Å². The predicted octanol–water partition coefficient (Wildman–Crippen LogP) is 7.08. The molecule has 0 radical (unpaired) electrons. The molecule has 2 heteroatoms.